The summed E-state index contributed by atoms with van der Waals surface area (Å²) in [5.74, 6) is -1.44. The van der Waals surface area contributed by atoms with Crippen LogP contribution in [0.2, 0.25) is 0 Å². The lowest BCUT2D eigenvalue weighted by Gasteiger charge is -2.27. The van der Waals surface area contributed by atoms with Crippen LogP contribution in [0.5, 0.6) is 0 Å². The van der Waals surface area contributed by atoms with Crippen LogP contribution in [0.1, 0.15) is 53.5 Å². The lowest BCUT2D eigenvalue weighted by atomic mass is 9.96. The Hall–Kier alpha value is -2.90. The molecule has 0 bridgehead atoms. The van der Waals surface area contributed by atoms with Crippen LogP contribution in [-0.4, -0.2) is 62.8 Å². The summed E-state index contributed by atoms with van der Waals surface area (Å²) >= 11 is 0. The highest BCUT2D eigenvalue weighted by Gasteiger charge is 2.31. The van der Waals surface area contributed by atoms with E-state index in [9.17, 15) is 14.4 Å². The first kappa shape index (κ1) is 28.1. The number of carbonyl (C=O) groups is 3. The summed E-state index contributed by atoms with van der Waals surface area (Å²) in [6.07, 6.45) is 2.37. The maximum Gasteiger partial charge on any atom is 0.328 e. The molecule has 8 nitrogen and oxygen atoms in total. The Bertz CT molecular complexity index is 805. The van der Waals surface area contributed by atoms with E-state index >= 15 is 0 Å². The largest absolute Gasteiger partial charge is 0.464 e. The number of ether oxygens (including phenoxy) is 1. The molecule has 8 heteroatoms. The van der Waals surface area contributed by atoms with E-state index in [0.29, 0.717) is 6.42 Å². The average Bonchev–Trinajstić information content (AvgIpc) is 2.77. The van der Waals surface area contributed by atoms with Crippen molar-refractivity contribution in [2.45, 2.75) is 66.1 Å². The first-order valence-electron chi connectivity index (χ1n) is 11.6. The maximum absolute atomic E-state index is 13.1. The second kappa shape index (κ2) is 13.6. The van der Waals surface area contributed by atoms with Gasteiger partial charge in [-0.25, -0.2) is 4.79 Å². The molecule has 0 aromatic heterocycles. The van der Waals surface area contributed by atoms with Crippen molar-refractivity contribution in [1.82, 2.24) is 10.6 Å². The number of benzene rings is 1. The molecule has 1 aromatic rings. The van der Waals surface area contributed by atoms with Gasteiger partial charge in [0, 0.05) is 26.0 Å². The van der Waals surface area contributed by atoms with Crippen molar-refractivity contribution in [1.29, 1.82) is 0 Å². The first-order valence-corrected chi connectivity index (χ1v) is 11.6. The summed E-state index contributed by atoms with van der Waals surface area (Å²) in [6.45, 7) is 11.2. The predicted molar refractivity (Wildman–Crippen MR) is 133 cm³/mol. The molecule has 1 aromatic carbocycles. The molecule has 1 rings (SSSR count). The number of carbonyl (C=O) groups excluding carboxylic acids is 3. The number of aliphatic imine (C=N–C) groups is 1. The van der Waals surface area contributed by atoms with Gasteiger partial charge in [0.25, 0.3) is 0 Å². The first-order chi connectivity index (χ1) is 15.5. The van der Waals surface area contributed by atoms with Crippen molar-refractivity contribution in [3.05, 3.63) is 29.8 Å². The smallest absolute Gasteiger partial charge is 0.328 e. The molecule has 0 aliphatic rings. The Balaban J connectivity index is 2.96. The van der Waals surface area contributed by atoms with Crippen LogP contribution in [0.4, 0.5) is 5.69 Å². The molecule has 33 heavy (non-hydrogen) atoms. The van der Waals surface area contributed by atoms with E-state index in [1.807, 2.05) is 71.0 Å². The van der Waals surface area contributed by atoms with Gasteiger partial charge in [0.15, 0.2) is 0 Å². The number of anilines is 1. The lowest BCUT2D eigenvalue weighted by Crippen LogP contribution is -2.55. The molecule has 0 spiro atoms. The molecule has 0 unspecified atom stereocenters. The maximum atomic E-state index is 13.1. The van der Waals surface area contributed by atoms with Crippen molar-refractivity contribution in [3.63, 3.8) is 0 Å². The fourth-order valence-electron chi connectivity index (χ4n) is 3.14. The second-order valence-electron chi connectivity index (χ2n) is 8.81. The van der Waals surface area contributed by atoms with Gasteiger partial charge in [-0.15, -0.1) is 0 Å². The standard InChI is InChI=1S/C25H40N4O4/c1-9-17(5)22(24(31)27-18(6)25(32)33-10-2)28-23(30)21(16(3)4)26-15-19-11-13-20(14-12-19)29(7)8/h11-18,21-22H,9-10H2,1-8H3,(H,27,31)(H,28,30)/t17-,18-,21-,22-/m0/s1. The zero-order valence-electron chi connectivity index (χ0n) is 21.2. The van der Waals surface area contributed by atoms with Crippen LogP contribution in [-0.2, 0) is 19.1 Å². The number of amides is 2. The minimum atomic E-state index is -0.801. The molecule has 0 fully saturated rings. The summed E-state index contributed by atoms with van der Waals surface area (Å²) < 4.78 is 4.95. The fraction of sp³-hybridized carbons (Fsp3) is 0.600. The third-order valence-corrected chi connectivity index (χ3v) is 5.49. The molecule has 2 N–H and O–H groups in total. The van der Waals surface area contributed by atoms with Gasteiger partial charge in [0.2, 0.25) is 11.8 Å². The summed E-state index contributed by atoms with van der Waals surface area (Å²) in [5, 5.41) is 5.52. The Kier molecular flexibility index (Phi) is 11.6. The number of hydrogen-bond acceptors (Lipinski definition) is 6. The number of hydrogen-bond donors (Lipinski definition) is 2. The van der Waals surface area contributed by atoms with Crippen molar-refractivity contribution in [3.8, 4) is 0 Å². The quantitative estimate of drug-likeness (QED) is 0.369. The van der Waals surface area contributed by atoms with E-state index in [2.05, 4.69) is 15.6 Å². The van der Waals surface area contributed by atoms with E-state index < -0.39 is 30.0 Å². The third-order valence-electron chi connectivity index (χ3n) is 5.49. The van der Waals surface area contributed by atoms with Crippen molar-refractivity contribution >= 4 is 29.7 Å². The van der Waals surface area contributed by atoms with E-state index in [4.69, 9.17) is 4.74 Å². The number of rotatable bonds is 12. The molecule has 2 amide bonds. The molecule has 0 radical (unpaired) electrons. The number of esters is 1. The summed E-state index contributed by atoms with van der Waals surface area (Å²) in [5.41, 5.74) is 1.96. The molecule has 0 aliphatic carbocycles. The summed E-state index contributed by atoms with van der Waals surface area (Å²) in [4.78, 5) is 44.4. The van der Waals surface area contributed by atoms with Gasteiger partial charge < -0.3 is 20.3 Å². The predicted octanol–water partition coefficient (Wildman–Crippen LogP) is 2.79. The van der Waals surface area contributed by atoms with Gasteiger partial charge in [0.1, 0.15) is 18.1 Å². The molecule has 0 saturated heterocycles. The Morgan fingerprint density at radius 2 is 1.61 bits per heavy atom. The van der Waals surface area contributed by atoms with Gasteiger partial charge in [-0.3, -0.25) is 14.6 Å². The number of nitrogens with zero attached hydrogens (tertiary/aromatic N) is 2. The van der Waals surface area contributed by atoms with Gasteiger partial charge in [-0.1, -0.05) is 46.2 Å². The zero-order valence-corrected chi connectivity index (χ0v) is 21.2. The van der Waals surface area contributed by atoms with E-state index in [1.54, 1.807) is 20.1 Å². The van der Waals surface area contributed by atoms with Crippen LogP contribution in [0.3, 0.4) is 0 Å². The Morgan fingerprint density at radius 1 is 1.00 bits per heavy atom. The van der Waals surface area contributed by atoms with Gasteiger partial charge >= 0.3 is 5.97 Å². The number of nitrogens with one attached hydrogen (secondary N) is 2. The highest BCUT2D eigenvalue weighted by Crippen LogP contribution is 2.14. The van der Waals surface area contributed by atoms with Crippen LogP contribution >= 0.6 is 0 Å². The van der Waals surface area contributed by atoms with Crippen LogP contribution in [0.15, 0.2) is 29.3 Å². The lowest BCUT2D eigenvalue weighted by molar-refractivity contribution is -0.147. The Morgan fingerprint density at radius 3 is 2.09 bits per heavy atom. The monoisotopic (exact) mass is 460 g/mol. The normalized spacial score (nSPS) is 14.9. The van der Waals surface area contributed by atoms with E-state index in [0.717, 1.165) is 11.3 Å². The van der Waals surface area contributed by atoms with E-state index in [1.165, 1.54) is 0 Å². The molecule has 4 atom stereocenters. The highest BCUT2D eigenvalue weighted by atomic mass is 16.5. The van der Waals surface area contributed by atoms with Gasteiger partial charge in [-0.2, -0.15) is 0 Å². The summed E-state index contributed by atoms with van der Waals surface area (Å²) in [6, 6.07) is 5.63. The molecule has 0 aliphatic heterocycles. The van der Waals surface area contributed by atoms with Crippen molar-refractivity contribution < 1.29 is 19.1 Å². The fourth-order valence-corrected chi connectivity index (χ4v) is 3.14. The summed E-state index contributed by atoms with van der Waals surface area (Å²) in [7, 11) is 3.94. The average molecular weight is 461 g/mol. The third kappa shape index (κ3) is 8.86. The molecule has 184 valence electrons. The molecule has 0 heterocycles. The molecular formula is C25H40N4O4. The molecular weight excluding hydrogens is 420 g/mol. The van der Waals surface area contributed by atoms with Crippen LogP contribution in [0, 0.1) is 11.8 Å². The van der Waals surface area contributed by atoms with Crippen molar-refractivity contribution in [2.24, 2.45) is 16.8 Å². The van der Waals surface area contributed by atoms with E-state index in [-0.39, 0.29) is 24.3 Å². The van der Waals surface area contributed by atoms with Gasteiger partial charge in [-0.05, 0) is 43.4 Å². The van der Waals surface area contributed by atoms with Crippen molar-refractivity contribution in [2.75, 3.05) is 25.6 Å². The topological polar surface area (TPSA) is 100 Å². The SMILES string of the molecule is CCOC(=O)[C@H](C)NC(=O)[C@@H](NC(=O)[C@@H](N=Cc1ccc(N(C)C)cc1)C(C)C)[C@@H](C)CC. The second-order valence-corrected chi connectivity index (χ2v) is 8.81. The minimum Gasteiger partial charge on any atom is -0.464 e. The van der Waals surface area contributed by atoms with Crippen LogP contribution < -0.4 is 15.5 Å². The zero-order chi connectivity index (χ0) is 25.1. The van der Waals surface area contributed by atoms with Crippen LogP contribution in [0.25, 0.3) is 0 Å². The minimum absolute atomic E-state index is 0.0682. The molecule has 0 saturated carbocycles. The Labute approximate surface area is 198 Å². The van der Waals surface area contributed by atoms with Gasteiger partial charge in [0.05, 0.1) is 6.61 Å². The highest BCUT2D eigenvalue weighted by molar-refractivity contribution is 5.93.